The molecule has 1 unspecified atom stereocenters. The Labute approximate surface area is 107 Å². The predicted molar refractivity (Wildman–Crippen MR) is 68.9 cm³/mol. The van der Waals surface area contributed by atoms with E-state index in [1.165, 1.54) is 6.42 Å². The number of amides is 1. The molecule has 0 aliphatic carbocycles. The number of hydrogen-bond acceptors (Lipinski definition) is 2. The Morgan fingerprint density at radius 1 is 1.35 bits per heavy atom. The van der Waals surface area contributed by atoms with Crippen LogP contribution in [0.1, 0.15) is 24.8 Å². The Kier molecular flexibility index (Phi) is 4.40. The molecule has 17 heavy (non-hydrogen) atoms. The molecule has 3 nitrogen and oxygen atoms in total. The first-order chi connectivity index (χ1) is 8.25. The van der Waals surface area contributed by atoms with Crippen LogP contribution in [0.25, 0.3) is 0 Å². The van der Waals surface area contributed by atoms with Crippen molar-refractivity contribution in [2.24, 2.45) is 0 Å². The number of carbonyl (C=O) groups excluding carboxylic acids is 1. The third-order valence-electron chi connectivity index (χ3n) is 3.01. The summed E-state index contributed by atoms with van der Waals surface area (Å²) in [5.74, 6) is 0.0969. The summed E-state index contributed by atoms with van der Waals surface area (Å²) in [6.07, 6.45) is 3.24. The van der Waals surface area contributed by atoms with Gasteiger partial charge in [-0.25, -0.2) is 0 Å². The molecule has 4 heteroatoms. The smallest absolute Gasteiger partial charge is 0.237 e. The van der Waals surface area contributed by atoms with Gasteiger partial charge in [0.25, 0.3) is 0 Å². The molecule has 2 rings (SSSR count). The van der Waals surface area contributed by atoms with E-state index in [-0.39, 0.29) is 11.9 Å². The van der Waals surface area contributed by atoms with Gasteiger partial charge in [-0.15, -0.1) is 0 Å². The van der Waals surface area contributed by atoms with E-state index >= 15 is 0 Å². The lowest BCUT2D eigenvalue weighted by Gasteiger charge is -2.22. The Morgan fingerprint density at radius 2 is 2.12 bits per heavy atom. The summed E-state index contributed by atoms with van der Waals surface area (Å²) in [4.78, 5) is 11.8. The van der Waals surface area contributed by atoms with E-state index < -0.39 is 0 Å². The van der Waals surface area contributed by atoms with Gasteiger partial charge in [-0.1, -0.05) is 30.2 Å². The second kappa shape index (κ2) is 6.03. The van der Waals surface area contributed by atoms with Crippen LogP contribution in [0.5, 0.6) is 0 Å². The standard InChI is InChI=1S/C13H17ClN2O/c14-11-6-4-10(5-7-11)9-16-13(17)12-3-1-2-8-15-12/h4-7,12,15H,1-3,8-9H2,(H,16,17). The zero-order valence-electron chi connectivity index (χ0n) is 9.71. The van der Waals surface area contributed by atoms with Crippen LogP contribution < -0.4 is 10.6 Å². The number of rotatable bonds is 3. The molecule has 1 aromatic carbocycles. The zero-order chi connectivity index (χ0) is 12.1. The molecular formula is C13H17ClN2O. The van der Waals surface area contributed by atoms with E-state index in [0.717, 1.165) is 24.9 Å². The second-order valence-electron chi connectivity index (χ2n) is 4.35. The maximum atomic E-state index is 11.8. The molecule has 0 radical (unpaired) electrons. The van der Waals surface area contributed by atoms with Gasteiger partial charge in [-0.05, 0) is 37.1 Å². The summed E-state index contributed by atoms with van der Waals surface area (Å²) >= 11 is 5.80. The normalized spacial score (nSPS) is 19.9. The fourth-order valence-corrected chi connectivity index (χ4v) is 2.12. The molecule has 1 saturated heterocycles. The molecule has 1 aromatic rings. The molecule has 2 N–H and O–H groups in total. The Balaban J connectivity index is 1.81. The SMILES string of the molecule is O=C(NCc1ccc(Cl)cc1)C1CCCCN1. The first kappa shape index (κ1) is 12.4. The molecule has 0 saturated carbocycles. The van der Waals surface area contributed by atoms with Crippen LogP contribution in [0.3, 0.4) is 0 Å². The van der Waals surface area contributed by atoms with E-state index in [0.29, 0.717) is 11.6 Å². The predicted octanol–water partition coefficient (Wildman–Crippen LogP) is 2.10. The van der Waals surface area contributed by atoms with Crippen molar-refractivity contribution >= 4 is 17.5 Å². The highest BCUT2D eigenvalue weighted by atomic mass is 35.5. The third kappa shape index (κ3) is 3.72. The van der Waals surface area contributed by atoms with Crippen LogP contribution in [0, 0.1) is 0 Å². The van der Waals surface area contributed by atoms with Gasteiger partial charge in [0.05, 0.1) is 6.04 Å². The van der Waals surface area contributed by atoms with Gasteiger partial charge in [0.2, 0.25) is 5.91 Å². The molecule has 1 atom stereocenters. The van der Waals surface area contributed by atoms with Gasteiger partial charge in [0.1, 0.15) is 0 Å². The van der Waals surface area contributed by atoms with E-state index in [2.05, 4.69) is 10.6 Å². The molecule has 0 spiro atoms. The fourth-order valence-electron chi connectivity index (χ4n) is 1.99. The quantitative estimate of drug-likeness (QED) is 0.865. The topological polar surface area (TPSA) is 41.1 Å². The number of nitrogens with one attached hydrogen (secondary N) is 2. The monoisotopic (exact) mass is 252 g/mol. The van der Waals surface area contributed by atoms with Crippen LogP contribution >= 0.6 is 11.6 Å². The average molecular weight is 253 g/mol. The summed E-state index contributed by atoms with van der Waals surface area (Å²) < 4.78 is 0. The van der Waals surface area contributed by atoms with Gasteiger partial charge in [0, 0.05) is 11.6 Å². The van der Waals surface area contributed by atoms with Crippen molar-refractivity contribution < 1.29 is 4.79 Å². The molecule has 1 amide bonds. The number of piperidine rings is 1. The number of carbonyl (C=O) groups is 1. The number of halogens is 1. The lowest BCUT2D eigenvalue weighted by Crippen LogP contribution is -2.46. The van der Waals surface area contributed by atoms with Crippen molar-refractivity contribution in [3.05, 3.63) is 34.9 Å². The molecular weight excluding hydrogens is 236 g/mol. The molecule has 0 aromatic heterocycles. The largest absolute Gasteiger partial charge is 0.351 e. The summed E-state index contributed by atoms with van der Waals surface area (Å²) in [5, 5.41) is 6.89. The van der Waals surface area contributed by atoms with Crippen molar-refractivity contribution in [1.29, 1.82) is 0 Å². The average Bonchev–Trinajstić information content (AvgIpc) is 2.39. The lowest BCUT2D eigenvalue weighted by atomic mass is 10.0. The first-order valence-corrected chi connectivity index (χ1v) is 6.39. The van der Waals surface area contributed by atoms with E-state index in [4.69, 9.17) is 11.6 Å². The van der Waals surface area contributed by atoms with Crippen molar-refractivity contribution in [2.45, 2.75) is 31.8 Å². The highest BCUT2D eigenvalue weighted by Gasteiger charge is 2.19. The highest BCUT2D eigenvalue weighted by Crippen LogP contribution is 2.10. The fraction of sp³-hybridized carbons (Fsp3) is 0.462. The van der Waals surface area contributed by atoms with Gasteiger partial charge < -0.3 is 10.6 Å². The van der Waals surface area contributed by atoms with Crippen LogP contribution in [-0.4, -0.2) is 18.5 Å². The Bertz CT molecular complexity index is 372. The number of hydrogen-bond donors (Lipinski definition) is 2. The molecule has 0 bridgehead atoms. The van der Waals surface area contributed by atoms with Crippen molar-refractivity contribution in [1.82, 2.24) is 10.6 Å². The van der Waals surface area contributed by atoms with Crippen LogP contribution in [-0.2, 0) is 11.3 Å². The van der Waals surface area contributed by atoms with Crippen molar-refractivity contribution in [3.63, 3.8) is 0 Å². The summed E-state index contributed by atoms with van der Waals surface area (Å²) in [5.41, 5.74) is 1.07. The summed E-state index contributed by atoms with van der Waals surface area (Å²) in [6.45, 7) is 1.51. The van der Waals surface area contributed by atoms with Gasteiger partial charge in [0.15, 0.2) is 0 Å². The van der Waals surface area contributed by atoms with Crippen molar-refractivity contribution in [3.8, 4) is 0 Å². The van der Waals surface area contributed by atoms with E-state index in [9.17, 15) is 4.79 Å². The minimum atomic E-state index is -0.0175. The molecule has 1 heterocycles. The third-order valence-corrected chi connectivity index (χ3v) is 3.26. The van der Waals surface area contributed by atoms with Crippen LogP contribution in [0.4, 0.5) is 0 Å². The molecule has 1 aliphatic heterocycles. The first-order valence-electron chi connectivity index (χ1n) is 6.01. The molecule has 1 aliphatic rings. The molecule has 1 fully saturated rings. The second-order valence-corrected chi connectivity index (χ2v) is 4.78. The Hall–Kier alpha value is -1.06. The zero-order valence-corrected chi connectivity index (χ0v) is 10.5. The van der Waals surface area contributed by atoms with Crippen LogP contribution in [0.15, 0.2) is 24.3 Å². The van der Waals surface area contributed by atoms with E-state index in [1.807, 2.05) is 24.3 Å². The maximum Gasteiger partial charge on any atom is 0.237 e. The minimum absolute atomic E-state index is 0.0175. The lowest BCUT2D eigenvalue weighted by molar-refractivity contribution is -0.123. The van der Waals surface area contributed by atoms with Crippen molar-refractivity contribution in [2.75, 3.05) is 6.54 Å². The van der Waals surface area contributed by atoms with Gasteiger partial charge in [-0.2, -0.15) is 0 Å². The molecule has 92 valence electrons. The minimum Gasteiger partial charge on any atom is -0.351 e. The van der Waals surface area contributed by atoms with Crippen LogP contribution in [0.2, 0.25) is 5.02 Å². The Morgan fingerprint density at radius 3 is 2.76 bits per heavy atom. The van der Waals surface area contributed by atoms with E-state index in [1.54, 1.807) is 0 Å². The summed E-state index contributed by atoms with van der Waals surface area (Å²) in [6, 6.07) is 7.51. The highest BCUT2D eigenvalue weighted by molar-refractivity contribution is 6.30. The summed E-state index contributed by atoms with van der Waals surface area (Å²) in [7, 11) is 0. The van der Waals surface area contributed by atoms with Gasteiger partial charge in [-0.3, -0.25) is 4.79 Å². The number of benzene rings is 1. The van der Waals surface area contributed by atoms with Gasteiger partial charge >= 0.3 is 0 Å². The maximum absolute atomic E-state index is 11.8.